The summed E-state index contributed by atoms with van der Waals surface area (Å²) in [5.41, 5.74) is 3.01. The minimum absolute atomic E-state index is 0.322. The second kappa shape index (κ2) is 9.10. The molecule has 0 aliphatic rings. The molecule has 6 nitrogen and oxygen atoms in total. The maximum absolute atomic E-state index is 13.0. The molecule has 0 aromatic heterocycles. The first-order valence-electron chi connectivity index (χ1n) is 9.28. The Labute approximate surface area is 167 Å². The van der Waals surface area contributed by atoms with E-state index >= 15 is 0 Å². The first-order valence-corrected chi connectivity index (χ1v) is 11.1. The van der Waals surface area contributed by atoms with Crippen LogP contribution in [0, 0.1) is 13.8 Å². The fraction of sp³-hybridized carbons (Fsp3) is 0.381. The third kappa shape index (κ3) is 5.04. The summed E-state index contributed by atoms with van der Waals surface area (Å²) < 4.78 is 31.9. The van der Waals surface area contributed by atoms with Crippen LogP contribution in [-0.4, -0.2) is 33.2 Å². The number of benzene rings is 2. The molecule has 7 heteroatoms. The van der Waals surface area contributed by atoms with E-state index in [4.69, 9.17) is 4.74 Å². The van der Waals surface area contributed by atoms with Crippen LogP contribution >= 0.6 is 0 Å². The van der Waals surface area contributed by atoms with Crippen molar-refractivity contribution >= 4 is 27.3 Å². The zero-order valence-corrected chi connectivity index (χ0v) is 17.8. The van der Waals surface area contributed by atoms with Crippen molar-refractivity contribution in [1.82, 2.24) is 0 Å². The number of aryl methyl sites for hydroxylation is 2. The summed E-state index contributed by atoms with van der Waals surface area (Å²) in [5.74, 6) is 0.142. The average Bonchev–Trinajstić information content (AvgIpc) is 2.62. The van der Waals surface area contributed by atoms with Gasteiger partial charge in [-0.2, -0.15) is 0 Å². The van der Waals surface area contributed by atoms with Crippen molar-refractivity contribution in [2.75, 3.05) is 22.5 Å². The van der Waals surface area contributed by atoms with Crippen LogP contribution in [0.3, 0.4) is 0 Å². The Morgan fingerprint density at radius 2 is 1.79 bits per heavy atom. The van der Waals surface area contributed by atoms with Crippen LogP contribution in [0.4, 0.5) is 11.4 Å². The van der Waals surface area contributed by atoms with E-state index in [2.05, 4.69) is 5.32 Å². The van der Waals surface area contributed by atoms with Gasteiger partial charge >= 0.3 is 0 Å². The second-order valence-corrected chi connectivity index (χ2v) is 8.53. The first kappa shape index (κ1) is 21.8. The lowest BCUT2D eigenvalue weighted by molar-refractivity contribution is -0.117. The van der Waals surface area contributed by atoms with E-state index in [1.807, 2.05) is 32.9 Å². The van der Waals surface area contributed by atoms with Gasteiger partial charge in [0.25, 0.3) is 0 Å². The number of anilines is 2. The van der Waals surface area contributed by atoms with E-state index in [-0.39, 0.29) is 0 Å². The molecule has 28 heavy (non-hydrogen) atoms. The van der Waals surface area contributed by atoms with Crippen molar-refractivity contribution in [3.8, 4) is 5.75 Å². The predicted octanol–water partition coefficient (Wildman–Crippen LogP) is 3.89. The van der Waals surface area contributed by atoms with E-state index in [0.717, 1.165) is 17.4 Å². The van der Waals surface area contributed by atoms with E-state index in [0.29, 0.717) is 30.2 Å². The van der Waals surface area contributed by atoms with Crippen molar-refractivity contribution in [3.05, 3.63) is 53.6 Å². The van der Waals surface area contributed by atoms with Gasteiger partial charge in [-0.15, -0.1) is 0 Å². The summed E-state index contributed by atoms with van der Waals surface area (Å²) in [6.45, 7) is 7.98. The summed E-state index contributed by atoms with van der Waals surface area (Å²) in [5, 5.41) is 2.82. The van der Waals surface area contributed by atoms with Gasteiger partial charge in [0.15, 0.2) is 0 Å². The first-order chi connectivity index (χ1) is 13.2. The molecular weight excluding hydrogens is 376 g/mol. The second-order valence-electron chi connectivity index (χ2n) is 6.67. The molecule has 1 unspecified atom stereocenters. The third-order valence-electron chi connectivity index (χ3n) is 4.52. The van der Waals surface area contributed by atoms with Gasteiger partial charge < -0.3 is 10.1 Å². The van der Waals surface area contributed by atoms with Gasteiger partial charge in [0.1, 0.15) is 11.8 Å². The molecule has 0 bridgehead atoms. The molecule has 1 N–H and O–H groups in total. The van der Waals surface area contributed by atoms with Crippen molar-refractivity contribution in [1.29, 1.82) is 0 Å². The molecule has 0 radical (unpaired) electrons. The van der Waals surface area contributed by atoms with Crippen molar-refractivity contribution in [2.45, 2.75) is 40.2 Å². The number of nitrogens with zero attached hydrogens (tertiary/aromatic N) is 1. The Balaban J connectivity index is 2.41. The van der Waals surface area contributed by atoms with Gasteiger partial charge in [0.05, 0.1) is 24.2 Å². The molecule has 2 aromatic rings. The monoisotopic (exact) mass is 404 g/mol. The Morgan fingerprint density at radius 3 is 2.36 bits per heavy atom. The molecule has 2 aromatic carbocycles. The molecular formula is C21H28N2O4S. The molecule has 1 amide bonds. The fourth-order valence-electron chi connectivity index (χ4n) is 2.99. The molecule has 0 heterocycles. The lowest BCUT2D eigenvalue weighted by atomic mass is 10.1. The molecule has 0 aliphatic carbocycles. The van der Waals surface area contributed by atoms with Crippen LogP contribution in [0.25, 0.3) is 0 Å². The number of hydrogen-bond acceptors (Lipinski definition) is 4. The fourth-order valence-corrected chi connectivity index (χ4v) is 4.19. The summed E-state index contributed by atoms with van der Waals surface area (Å²) in [6.07, 6.45) is 1.44. The predicted molar refractivity (Wildman–Crippen MR) is 114 cm³/mol. The Morgan fingerprint density at radius 1 is 1.11 bits per heavy atom. The lowest BCUT2D eigenvalue weighted by Gasteiger charge is -2.30. The molecule has 0 fully saturated rings. The SMILES string of the molecule is CCOc1ccccc1NC(=O)C(CC)N(c1ccc(C)c(C)c1)S(C)(=O)=O. The van der Waals surface area contributed by atoms with E-state index in [9.17, 15) is 13.2 Å². The molecule has 0 saturated heterocycles. The van der Waals surface area contributed by atoms with Gasteiger partial charge in [-0.05, 0) is 62.6 Å². The average molecular weight is 405 g/mol. The number of ether oxygens (including phenoxy) is 1. The minimum Gasteiger partial charge on any atom is -0.492 e. The highest BCUT2D eigenvalue weighted by atomic mass is 32.2. The summed E-state index contributed by atoms with van der Waals surface area (Å²) >= 11 is 0. The molecule has 2 rings (SSSR count). The van der Waals surface area contributed by atoms with Crippen molar-refractivity contribution in [2.24, 2.45) is 0 Å². The third-order valence-corrected chi connectivity index (χ3v) is 5.70. The van der Waals surface area contributed by atoms with E-state index in [1.165, 1.54) is 4.31 Å². The van der Waals surface area contributed by atoms with Gasteiger partial charge in [0, 0.05) is 0 Å². The summed E-state index contributed by atoms with van der Waals surface area (Å²) in [6, 6.07) is 11.6. The molecule has 1 atom stereocenters. The number of nitrogens with one attached hydrogen (secondary N) is 1. The number of hydrogen-bond donors (Lipinski definition) is 1. The van der Waals surface area contributed by atoms with Crippen LogP contribution in [0.5, 0.6) is 5.75 Å². The van der Waals surface area contributed by atoms with Crippen LogP contribution in [0.15, 0.2) is 42.5 Å². The summed E-state index contributed by atoms with van der Waals surface area (Å²) in [4.78, 5) is 13.0. The van der Waals surface area contributed by atoms with Crippen molar-refractivity contribution in [3.63, 3.8) is 0 Å². The highest BCUT2D eigenvalue weighted by Crippen LogP contribution is 2.28. The molecule has 0 saturated carbocycles. The van der Waals surface area contributed by atoms with Crippen LogP contribution in [-0.2, 0) is 14.8 Å². The minimum atomic E-state index is -3.68. The van der Waals surface area contributed by atoms with E-state index < -0.39 is 22.0 Å². The van der Waals surface area contributed by atoms with Crippen LogP contribution < -0.4 is 14.4 Å². The van der Waals surface area contributed by atoms with E-state index in [1.54, 1.807) is 37.3 Å². The Kier molecular flexibility index (Phi) is 7.07. The zero-order valence-electron chi connectivity index (χ0n) is 17.0. The number of sulfonamides is 1. The quantitative estimate of drug-likeness (QED) is 0.724. The zero-order chi connectivity index (χ0) is 20.9. The topological polar surface area (TPSA) is 75.7 Å². The maximum Gasteiger partial charge on any atom is 0.248 e. The number of carbonyl (C=O) groups is 1. The smallest absolute Gasteiger partial charge is 0.248 e. The number of rotatable bonds is 8. The highest BCUT2D eigenvalue weighted by molar-refractivity contribution is 7.92. The van der Waals surface area contributed by atoms with Crippen molar-refractivity contribution < 1.29 is 17.9 Å². The highest BCUT2D eigenvalue weighted by Gasteiger charge is 2.32. The lowest BCUT2D eigenvalue weighted by Crippen LogP contribution is -2.47. The normalized spacial score (nSPS) is 12.3. The standard InChI is InChI=1S/C21H28N2O4S/c1-6-19(21(24)22-18-10-8-9-11-20(18)27-7-2)23(28(5,25)26)17-13-12-15(3)16(4)14-17/h8-14,19H,6-7H2,1-5H3,(H,22,24). The maximum atomic E-state index is 13.0. The van der Waals surface area contributed by atoms with Gasteiger partial charge in [0.2, 0.25) is 15.9 Å². The van der Waals surface area contributed by atoms with Gasteiger partial charge in [-0.25, -0.2) is 8.42 Å². The molecule has 152 valence electrons. The van der Waals surface area contributed by atoms with Gasteiger partial charge in [-0.1, -0.05) is 25.1 Å². The number of carbonyl (C=O) groups excluding carboxylic acids is 1. The Bertz CT molecular complexity index is 941. The van der Waals surface area contributed by atoms with Crippen LogP contribution in [0.2, 0.25) is 0 Å². The Hall–Kier alpha value is -2.54. The summed E-state index contributed by atoms with van der Waals surface area (Å²) in [7, 11) is -3.68. The molecule has 0 aliphatic heterocycles. The van der Waals surface area contributed by atoms with Gasteiger partial charge in [-0.3, -0.25) is 9.10 Å². The van der Waals surface area contributed by atoms with Crippen LogP contribution in [0.1, 0.15) is 31.4 Å². The largest absolute Gasteiger partial charge is 0.492 e. The number of para-hydroxylation sites is 2. The number of amides is 1. The molecule has 0 spiro atoms.